The quantitative estimate of drug-likeness (QED) is 0.360. The number of amides is 1. The van der Waals surface area contributed by atoms with Crippen LogP contribution in [0, 0.1) is 0 Å². The number of rotatable bonds is 8. The van der Waals surface area contributed by atoms with Crippen molar-refractivity contribution in [3.63, 3.8) is 0 Å². The lowest BCUT2D eigenvalue weighted by molar-refractivity contribution is -0.131. The number of aromatic nitrogens is 1. The molecule has 3 aromatic rings. The molecule has 1 heterocycles. The van der Waals surface area contributed by atoms with Crippen LogP contribution in [0.1, 0.15) is 24.6 Å². The summed E-state index contributed by atoms with van der Waals surface area (Å²) >= 11 is 0. The Balaban J connectivity index is 1.72. The van der Waals surface area contributed by atoms with E-state index in [1.54, 1.807) is 6.07 Å². The topological polar surface area (TPSA) is 130 Å². The summed E-state index contributed by atoms with van der Waals surface area (Å²) in [6.45, 7) is 1.13. The Labute approximate surface area is 180 Å². The molecule has 3 rings (SSSR count). The number of hydroxylamine groups is 1. The maximum absolute atomic E-state index is 12.1. The fourth-order valence-electron chi connectivity index (χ4n) is 3.18. The SMILES string of the molecule is CC(CCc1ccc(-c2ccc(-c3cc(CO)no3)cc2)cc1)(C(=O)NO)S(C)(=O)=O. The molecule has 164 valence electrons. The lowest BCUT2D eigenvalue weighted by Gasteiger charge is -2.25. The molecule has 0 aliphatic carbocycles. The Morgan fingerprint density at radius 2 is 1.61 bits per heavy atom. The van der Waals surface area contributed by atoms with Gasteiger partial charge in [0.15, 0.2) is 15.6 Å². The van der Waals surface area contributed by atoms with Gasteiger partial charge in [-0.2, -0.15) is 0 Å². The lowest BCUT2D eigenvalue weighted by atomic mass is 9.97. The van der Waals surface area contributed by atoms with E-state index in [-0.39, 0.29) is 13.0 Å². The molecule has 2 aromatic carbocycles. The minimum Gasteiger partial charge on any atom is -0.390 e. The molecule has 0 fully saturated rings. The standard InChI is InChI=1S/C22H24N2O6S/c1-22(21(26)23-27,31(2,28)29)12-11-15-3-5-16(6-4-15)17-7-9-18(10-8-17)20-13-19(14-25)24-30-20/h3-10,13,25,27H,11-12,14H2,1-2H3,(H,23,26). The van der Waals surface area contributed by atoms with E-state index in [0.717, 1.165) is 28.5 Å². The highest BCUT2D eigenvalue weighted by atomic mass is 32.2. The summed E-state index contributed by atoms with van der Waals surface area (Å²) in [5.41, 5.74) is 5.60. The summed E-state index contributed by atoms with van der Waals surface area (Å²) < 4.78 is 27.6. The van der Waals surface area contributed by atoms with Crippen molar-refractivity contribution < 1.29 is 28.0 Å². The van der Waals surface area contributed by atoms with Crippen LogP contribution in [0.25, 0.3) is 22.5 Å². The van der Waals surface area contributed by atoms with Gasteiger partial charge in [0, 0.05) is 17.9 Å². The molecule has 0 aliphatic rings. The number of hydrogen-bond acceptors (Lipinski definition) is 7. The number of sulfone groups is 1. The zero-order valence-corrected chi connectivity index (χ0v) is 18.0. The first kappa shape index (κ1) is 22.7. The summed E-state index contributed by atoms with van der Waals surface area (Å²) in [5, 5.41) is 21.8. The van der Waals surface area contributed by atoms with Gasteiger partial charge in [-0.15, -0.1) is 0 Å². The van der Waals surface area contributed by atoms with Gasteiger partial charge in [-0.3, -0.25) is 10.0 Å². The van der Waals surface area contributed by atoms with Crippen molar-refractivity contribution in [3.8, 4) is 22.5 Å². The Morgan fingerprint density at radius 3 is 2.10 bits per heavy atom. The van der Waals surface area contributed by atoms with E-state index in [4.69, 9.17) is 14.8 Å². The van der Waals surface area contributed by atoms with E-state index >= 15 is 0 Å². The zero-order chi connectivity index (χ0) is 22.6. The second-order valence-electron chi connectivity index (χ2n) is 7.56. The Kier molecular flexibility index (Phi) is 6.59. The van der Waals surface area contributed by atoms with Crippen LogP contribution in [0.3, 0.4) is 0 Å². The highest BCUT2D eigenvalue weighted by molar-refractivity contribution is 7.92. The number of nitrogens with one attached hydrogen (secondary N) is 1. The molecule has 3 N–H and O–H groups in total. The van der Waals surface area contributed by atoms with Gasteiger partial charge in [0.1, 0.15) is 10.4 Å². The summed E-state index contributed by atoms with van der Waals surface area (Å²) in [5.74, 6) is -0.364. The molecule has 0 radical (unpaired) electrons. The Morgan fingerprint density at radius 1 is 1.06 bits per heavy atom. The summed E-state index contributed by atoms with van der Waals surface area (Å²) in [6, 6.07) is 17.0. The molecular weight excluding hydrogens is 420 g/mol. The second-order valence-corrected chi connectivity index (χ2v) is 10.0. The zero-order valence-electron chi connectivity index (χ0n) is 17.2. The predicted octanol–water partition coefficient (Wildman–Crippen LogP) is 2.74. The first-order valence-electron chi connectivity index (χ1n) is 9.58. The minimum absolute atomic E-state index is 0.0410. The van der Waals surface area contributed by atoms with Crippen molar-refractivity contribution in [1.82, 2.24) is 10.6 Å². The molecule has 0 aliphatic heterocycles. The molecule has 1 atom stereocenters. The third-order valence-electron chi connectivity index (χ3n) is 5.47. The van der Waals surface area contributed by atoms with E-state index in [2.05, 4.69) is 5.16 Å². The molecule has 0 saturated heterocycles. The third-order valence-corrected chi connectivity index (χ3v) is 7.49. The van der Waals surface area contributed by atoms with Gasteiger partial charge in [-0.05, 0) is 36.5 Å². The third kappa shape index (κ3) is 4.84. The molecule has 9 heteroatoms. The highest BCUT2D eigenvalue weighted by Gasteiger charge is 2.43. The summed E-state index contributed by atoms with van der Waals surface area (Å²) in [4.78, 5) is 11.9. The maximum atomic E-state index is 12.1. The lowest BCUT2D eigenvalue weighted by Crippen LogP contribution is -2.49. The van der Waals surface area contributed by atoms with Gasteiger partial charge < -0.3 is 9.63 Å². The molecule has 1 unspecified atom stereocenters. The Hall–Kier alpha value is -3.01. The average Bonchev–Trinajstić information content (AvgIpc) is 3.26. The molecule has 0 spiro atoms. The first-order chi connectivity index (χ1) is 14.7. The maximum Gasteiger partial charge on any atom is 0.264 e. The first-order valence-corrected chi connectivity index (χ1v) is 11.5. The van der Waals surface area contributed by atoms with E-state index in [1.165, 1.54) is 12.4 Å². The number of aliphatic hydroxyl groups excluding tert-OH is 1. The fraction of sp³-hybridized carbons (Fsp3) is 0.273. The predicted molar refractivity (Wildman–Crippen MR) is 115 cm³/mol. The van der Waals surface area contributed by atoms with Crippen LogP contribution in [0.15, 0.2) is 59.1 Å². The van der Waals surface area contributed by atoms with Crippen LogP contribution in [-0.2, 0) is 27.7 Å². The summed E-state index contributed by atoms with van der Waals surface area (Å²) in [7, 11) is -3.72. The molecule has 1 aromatic heterocycles. The van der Waals surface area contributed by atoms with E-state index in [1.807, 2.05) is 48.5 Å². The van der Waals surface area contributed by atoms with Crippen LogP contribution in [0.5, 0.6) is 0 Å². The van der Waals surface area contributed by atoms with Crippen molar-refractivity contribution in [2.24, 2.45) is 0 Å². The monoisotopic (exact) mass is 444 g/mol. The van der Waals surface area contributed by atoms with Crippen LogP contribution < -0.4 is 5.48 Å². The minimum atomic E-state index is -3.72. The molecule has 0 saturated carbocycles. The molecule has 0 bridgehead atoms. The van der Waals surface area contributed by atoms with Crippen LogP contribution in [-0.4, -0.2) is 40.8 Å². The number of hydrogen-bond donors (Lipinski definition) is 3. The van der Waals surface area contributed by atoms with Crippen LogP contribution in [0.2, 0.25) is 0 Å². The van der Waals surface area contributed by atoms with E-state index < -0.39 is 20.5 Å². The van der Waals surface area contributed by atoms with Gasteiger partial charge >= 0.3 is 0 Å². The van der Waals surface area contributed by atoms with Gasteiger partial charge in [0.25, 0.3) is 5.91 Å². The Bertz CT molecular complexity index is 1150. The van der Waals surface area contributed by atoms with Crippen LogP contribution >= 0.6 is 0 Å². The van der Waals surface area contributed by atoms with Crippen molar-refractivity contribution in [1.29, 1.82) is 0 Å². The van der Waals surface area contributed by atoms with E-state index in [9.17, 15) is 13.2 Å². The number of carbonyl (C=O) groups excluding carboxylic acids is 1. The van der Waals surface area contributed by atoms with Gasteiger partial charge in [0.2, 0.25) is 0 Å². The number of aliphatic hydroxyl groups is 1. The van der Waals surface area contributed by atoms with Gasteiger partial charge in [0.05, 0.1) is 6.61 Å². The van der Waals surface area contributed by atoms with Crippen molar-refractivity contribution in [2.75, 3.05) is 6.26 Å². The smallest absolute Gasteiger partial charge is 0.264 e. The molecule has 31 heavy (non-hydrogen) atoms. The van der Waals surface area contributed by atoms with Crippen molar-refractivity contribution in [3.05, 3.63) is 65.9 Å². The largest absolute Gasteiger partial charge is 0.390 e. The number of carbonyl (C=O) groups is 1. The number of benzene rings is 2. The fourth-order valence-corrected chi connectivity index (χ4v) is 4.04. The van der Waals surface area contributed by atoms with Gasteiger partial charge in [-0.1, -0.05) is 53.7 Å². The number of nitrogens with zero attached hydrogens (tertiary/aromatic N) is 1. The normalized spacial score (nSPS) is 13.5. The van der Waals surface area contributed by atoms with Crippen molar-refractivity contribution >= 4 is 15.7 Å². The highest BCUT2D eigenvalue weighted by Crippen LogP contribution is 2.27. The molecular formula is C22H24N2O6S. The van der Waals surface area contributed by atoms with Gasteiger partial charge in [-0.25, -0.2) is 13.9 Å². The summed E-state index contributed by atoms with van der Waals surface area (Å²) in [6.07, 6.45) is 1.38. The van der Waals surface area contributed by atoms with E-state index in [0.29, 0.717) is 17.9 Å². The second kappa shape index (κ2) is 9.01. The van der Waals surface area contributed by atoms with Crippen LogP contribution in [0.4, 0.5) is 0 Å². The van der Waals surface area contributed by atoms with Crippen molar-refractivity contribution in [2.45, 2.75) is 31.1 Å². The number of aryl methyl sites for hydroxylation is 1. The average molecular weight is 445 g/mol. The molecule has 1 amide bonds. The molecule has 8 nitrogen and oxygen atoms in total.